The molecule has 2 nitrogen and oxygen atoms in total. The summed E-state index contributed by atoms with van der Waals surface area (Å²) in [5.41, 5.74) is 2.93. The molecule has 0 aliphatic heterocycles. The van der Waals surface area contributed by atoms with Crippen molar-refractivity contribution in [3.8, 4) is 5.75 Å². The predicted molar refractivity (Wildman–Crippen MR) is 84.3 cm³/mol. The molecule has 0 atom stereocenters. The fourth-order valence-corrected chi connectivity index (χ4v) is 2.22. The van der Waals surface area contributed by atoms with E-state index in [2.05, 4.69) is 12.2 Å². The van der Waals surface area contributed by atoms with Gasteiger partial charge in [0, 0.05) is 12.1 Å². The molecule has 0 spiro atoms. The van der Waals surface area contributed by atoms with Gasteiger partial charge in [0.15, 0.2) is 0 Å². The summed E-state index contributed by atoms with van der Waals surface area (Å²) in [5.74, 6) is 0.434. The highest BCUT2D eigenvalue weighted by Gasteiger charge is 2.08. The van der Waals surface area contributed by atoms with E-state index < -0.39 is 5.82 Å². The first-order valence-corrected chi connectivity index (χ1v) is 7.35. The van der Waals surface area contributed by atoms with E-state index in [9.17, 15) is 4.39 Å². The van der Waals surface area contributed by atoms with Crippen molar-refractivity contribution in [1.82, 2.24) is 5.32 Å². The summed E-state index contributed by atoms with van der Waals surface area (Å²) in [4.78, 5) is 0. The monoisotopic (exact) mass is 307 g/mol. The quantitative estimate of drug-likeness (QED) is 0.850. The number of nitrogens with one attached hydrogen (secondary N) is 1. The van der Waals surface area contributed by atoms with Crippen LogP contribution < -0.4 is 10.1 Å². The lowest BCUT2D eigenvalue weighted by Gasteiger charge is -2.14. The number of rotatable bonds is 6. The molecule has 112 valence electrons. The summed E-state index contributed by atoms with van der Waals surface area (Å²) in [7, 11) is 0. The van der Waals surface area contributed by atoms with Crippen molar-refractivity contribution in [2.75, 3.05) is 6.54 Å². The van der Waals surface area contributed by atoms with Crippen LogP contribution in [0.25, 0.3) is 0 Å². The maximum atomic E-state index is 13.4. The molecule has 0 aromatic heterocycles. The van der Waals surface area contributed by atoms with Gasteiger partial charge >= 0.3 is 0 Å². The lowest BCUT2D eigenvalue weighted by atomic mass is 10.1. The molecule has 21 heavy (non-hydrogen) atoms. The molecule has 0 unspecified atom stereocenters. The number of ether oxygens (including phenoxy) is 1. The third kappa shape index (κ3) is 4.19. The Balaban J connectivity index is 2.13. The second kappa shape index (κ2) is 7.43. The maximum Gasteiger partial charge on any atom is 0.142 e. The van der Waals surface area contributed by atoms with Gasteiger partial charge in [0.05, 0.1) is 5.02 Å². The van der Waals surface area contributed by atoms with Crippen LogP contribution in [0.1, 0.15) is 23.6 Å². The number of hydrogen-bond donors (Lipinski definition) is 1. The van der Waals surface area contributed by atoms with Crippen LogP contribution in [-0.4, -0.2) is 6.54 Å². The van der Waals surface area contributed by atoms with E-state index in [1.54, 1.807) is 12.1 Å². The van der Waals surface area contributed by atoms with Gasteiger partial charge in [-0.05, 0) is 36.7 Å². The molecule has 1 N–H and O–H groups in total. The van der Waals surface area contributed by atoms with Gasteiger partial charge < -0.3 is 10.1 Å². The Labute approximate surface area is 129 Å². The standard InChI is InChI=1S/C17H19ClFNO/c1-3-20-10-14-6-4-5-12(2)17(14)21-11-13-7-8-15(18)16(19)9-13/h4-9,20H,3,10-11H2,1-2H3. The largest absolute Gasteiger partial charge is 0.488 e. The van der Waals surface area contributed by atoms with E-state index in [-0.39, 0.29) is 5.02 Å². The lowest BCUT2D eigenvalue weighted by Crippen LogP contribution is -2.13. The number of benzene rings is 2. The van der Waals surface area contributed by atoms with E-state index in [1.807, 2.05) is 25.1 Å². The van der Waals surface area contributed by atoms with Gasteiger partial charge in [0.25, 0.3) is 0 Å². The van der Waals surface area contributed by atoms with E-state index in [0.717, 1.165) is 35.5 Å². The minimum atomic E-state index is -0.421. The summed E-state index contributed by atoms with van der Waals surface area (Å²) in [6, 6.07) is 10.8. The summed E-state index contributed by atoms with van der Waals surface area (Å²) >= 11 is 5.68. The molecule has 2 aromatic rings. The van der Waals surface area contributed by atoms with Crippen molar-refractivity contribution in [3.05, 3.63) is 63.9 Å². The van der Waals surface area contributed by atoms with Crippen LogP contribution in [-0.2, 0) is 13.2 Å². The molecular weight excluding hydrogens is 289 g/mol. The average molecular weight is 308 g/mol. The Kier molecular flexibility index (Phi) is 5.59. The van der Waals surface area contributed by atoms with Gasteiger partial charge in [-0.25, -0.2) is 4.39 Å². The molecule has 0 saturated carbocycles. The van der Waals surface area contributed by atoms with Crippen LogP contribution in [0.15, 0.2) is 36.4 Å². The number of halogens is 2. The number of para-hydroxylation sites is 1. The summed E-state index contributed by atoms with van der Waals surface area (Å²) in [5, 5.41) is 3.42. The molecule has 4 heteroatoms. The first-order chi connectivity index (χ1) is 10.1. The van der Waals surface area contributed by atoms with Gasteiger partial charge in [0.2, 0.25) is 0 Å². The van der Waals surface area contributed by atoms with Crippen LogP contribution in [0.3, 0.4) is 0 Å². The minimum Gasteiger partial charge on any atom is -0.488 e. The van der Waals surface area contributed by atoms with Crippen molar-refractivity contribution in [2.45, 2.75) is 27.0 Å². The highest BCUT2D eigenvalue weighted by atomic mass is 35.5. The third-order valence-electron chi connectivity index (χ3n) is 3.23. The summed E-state index contributed by atoms with van der Waals surface area (Å²) in [6.07, 6.45) is 0. The molecule has 0 aliphatic rings. The van der Waals surface area contributed by atoms with E-state index in [4.69, 9.17) is 16.3 Å². The van der Waals surface area contributed by atoms with Crippen molar-refractivity contribution < 1.29 is 9.13 Å². The first kappa shape index (κ1) is 15.8. The van der Waals surface area contributed by atoms with Crippen LogP contribution in [0, 0.1) is 12.7 Å². The molecule has 2 rings (SSSR count). The van der Waals surface area contributed by atoms with Crippen molar-refractivity contribution in [2.24, 2.45) is 0 Å². The van der Waals surface area contributed by atoms with Gasteiger partial charge in [-0.3, -0.25) is 0 Å². The average Bonchev–Trinajstić information content (AvgIpc) is 2.47. The van der Waals surface area contributed by atoms with Gasteiger partial charge in [0.1, 0.15) is 18.2 Å². The molecule has 0 saturated heterocycles. The summed E-state index contributed by atoms with van der Waals surface area (Å²) < 4.78 is 19.3. The zero-order valence-corrected chi connectivity index (χ0v) is 13.0. The SMILES string of the molecule is CCNCc1cccc(C)c1OCc1ccc(Cl)c(F)c1. The highest BCUT2D eigenvalue weighted by Crippen LogP contribution is 2.25. The van der Waals surface area contributed by atoms with Gasteiger partial charge in [-0.15, -0.1) is 0 Å². The molecule has 0 amide bonds. The molecular formula is C17H19ClFNO. The van der Waals surface area contributed by atoms with Crippen LogP contribution in [0.2, 0.25) is 5.02 Å². The van der Waals surface area contributed by atoms with E-state index >= 15 is 0 Å². The van der Waals surface area contributed by atoms with Crippen molar-refractivity contribution in [3.63, 3.8) is 0 Å². The van der Waals surface area contributed by atoms with Crippen LogP contribution >= 0.6 is 11.6 Å². The molecule has 2 aromatic carbocycles. The molecule has 0 radical (unpaired) electrons. The van der Waals surface area contributed by atoms with Gasteiger partial charge in [-0.1, -0.05) is 42.8 Å². The lowest BCUT2D eigenvalue weighted by molar-refractivity contribution is 0.299. The summed E-state index contributed by atoms with van der Waals surface area (Å²) in [6.45, 7) is 6.04. The predicted octanol–water partition coefficient (Wildman–Crippen LogP) is 4.48. The van der Waals surface area contributed by atoms with Gasteiger partial charge in [-0.2, -0.15) is 0 Å². The third-order valence-corrected chi connectivity index (χ3v) is 3.53. The van der Waals surface area contributed by atoms with E-state index in [1.165, 1.54) is 6.07 Å². The smallest absolute Gasteiger partial charge is 0.142 e. The first-order valence-electron chi connectivity index (χ1n) is 6.97. The number of aryl methyl sites for hydroxylation is 1. The highest BCUT2D eigenvalue weighted by molar-refractivity contribution is 6.30. The Morgan fingerprint density at radius 1 is 1.24 bits per heavy atom. The zero-order valence-electron chi connectivity index (χ0n) is 12.2. The van der Waals surface area contributed by atoms with Crippen LogP contribution in [0.5, 0.6) is 5.75 Å². The molecule has 0 bridgehead atoms. The Bertz CT molecular complexity index is 616. The number of hydrogen-bond acceptors (Lipinski definition) is 2. The zero-order chi connectivity index (χ0) is 15.2. The molecule has 0 fully saturated rings. The van der Waals surface area contributed by atoms with E-state index in [0.29, 0.717) is 6.61 Å². The minimum absolute atomic E-state index is 0.127. The van der Waals surface area contributed by atoms with Crippen LogP contribution in [0.4, 0.5) is 4.39 Å². The topological polar surface area (TPSA) is 21.3 Å². The second-order valence-electron chi connectivity index (χ2n) is 4.88. The van der Waals surface area contributed by atoms with Crippen molar-refractivity contribution in [1.29, 1.82) is 0 Å². The van der Waals surface area contributed by atoms with Crippen molar-refractivity contribution >= 4 is 11.6 Å². The Morgan fingerprint density at radius 3 is 2.76 bits per heavy atom. The maximum absolute atomic E-state index is 13.4. The molecule has 0 heterocycles. The fraction of sp³-hybridized carbons (Fsp3) is 0.294. The fourth-order valence-electron chi connectivity index (χ4n) is 2.10. The Hall–Kier alpha value is -1.58. The normalized spacial score (nSPS) is 10.7. The Morgan fingerprint density at radius 2 is 2.05 bits per heavy atom. The second-order valence-corrected chi connectivity index (χ2v) is 5.29. The molecule has 0 aliphatic carbocycles.